The number of halogens is 1. The first-order valence-corrected chi connectivity index (χ1v) is 6.05. The molecule has 1 N–H and O–H groups in total. The normalized spacial score (nSPS) is 13.8. The fourth-order valence-electron chi connectivity index (χ4n) is 2.58. The molecule has 0 atom stereocenters. The average Bonchev–Trinajstić information content (AvgIpc) is 2.73. The second-order valence-electron chi connectivity index (χ2n) is 4.40. The Kier molecular flexibility index (Phi) is 2.41. The van der Waals surface area contributed by atoms with Crippen LogP contribution in [0.25, 0.3) is 10.9 Å². The maximum absolute atomic E-state index is 11.7. The molecule has 92 valence electrons. The number of ketones is 1. The van der Waals surface area contributed by atoms with Crippen LogP contribution in [0, 0.1) is 0 Å². The Bertz CT molecular complexity index is 687. The van der Waals surface area contributed by atoms with Crippen molar-refractivity contribution < 1.29 is 14.7 Å². The number of carbonyl (C=O) groups is 2. The monoisotopic (exact) mass is 263 g/mol. The molecule has 1 aromatic heterocycles. The predicted molar refractivity (Wildman–Crippen MR) is 67.2 cm³/mol. The highest BCUT2D eigenvalue weighted by molar-refractivity contribution is 6.42. The third-order valence-electron chi connectivity index (χ3n) is 3.35. The van der Waals surface area contributed by atoms with Crippen molar-refractivity contribution >= 4 is 34.3 Å². The van der Waals surface area contributed by atoms with Gasteiger partial charge < -0.3 is 9.67 Å². The number of hydrogen-bond acceptors (Lipinski definition) is 2. The zero-order valence-electron chi connectivity index (χ0n) is 9.44. The van der Waals surface area contributed by atoms with E-state index >= 15 is 0 Å². The molecule has 0 radical (unpaired) electrons. The van der Waals surface area contributed by atoms with E-state index in [2.05, 4.69) is 0 Å². The third kappa shape index (κ3) is 1.46. The van der Waals surface area contributed by atoms with Gasteiger partial charge in [-0.15, -0.1) is 0 Å². The zero-order valence-corrected chi connectivity index (χ0v) is 10.2. The Labute approximate surface area is 108 Å². The molecule has 0 fully saturated rings. The van der Waals surface area contributed by atoms with Crippen molar-refractivity contribution in [3.05, 3.63) is 34.5 Å². The molecule has 1 aliphatic heterocycles. The molecular formula is C13H10ClNO3. The molecule has 0 spiro atoms. The van der Waals surface area contributed by atoms with Gasteiger partial charge in [0.2, 0.25) is 0 Å². The highest BCUT2D eigenvalue weighted by Crippen LogP contribution is 2.34. The van der Waals surface area contributed by atoms with Crippen LogP contribution in [-0.2, 0) is 17.8 Å². The van der Waals surface area contributed by atoms with Gasteiger partial charge >= 0.3 is 5.97 Å². The second kappa shape index (κ2) is 3.85. The quantitative estimate of drug-likeness (QED) is 0.669. The standard InChI is InChI=1S/C13H10ClNO3/c14-10-4-3-7-9(12(16)13(17)18)6-15-5-1-2-8(10)11(7)15/h3-4,6H,1-2,5H2,(H,17,18). The van der Waals surface area contributed by atoms with E-state index in [0.717, 1.165) is 30.5 Å². The van der Waals surface area contributed by atoms with E-state index in [4.69, 9.17) is 16.7 Å². The van der Waals surface area contributed by atoms with Crippen LogP contribution < -0.4 is 0 Å². The molecule has 0 saturated carbocycles. The topological polar surface area (TPSA) is 59.3 Å². The molecule has 0 saturated heterocycles. The minimum Gasteiger partial charge on any atom is -0.475 e. The Morgan fingerprint density at radius 2 is 2.11 bits per heavy atom. The molecule has 3 rings (SSSR count). The lowest BCUT2D eigenvalue weighted by Gasteiger charge is -2.16. The molecule has 0 amide bonds. The average molecular weight is 264 g/mol. The van der Waals surface area contributed by atoms with Crippen molar-refractivity contribution in [3.8, 4) is 0 Å². The fourth-order valence-corrected chi connectivity index (χ4v) is 2.83. The molecule has 4 nitrogen and oxygen atoms in total. The number of aromatic nitrogens is 1. The summed E-state index contributed by atoms with van der Waals surface area (Å²) in [6.07, 6.45) is 3.43. The fraction of sp³-hybridized carbons (Fsp3) is 0.231. The van der Waals surface area contributed by atoms with Gasteiger partial charge in [-0.1, -0.05) is 17.7 Å². The van der Waals surface area contributed by atoms with Crippen LogP contribution in [0.3, 0.4) is 0 Å². The SMILES string of the molecule is O=C(O)C(=O)c1cn2c3c(c(Cl)ccc13)CCC2. The summed E-state index contributed by atoms with van der Waals surface area (Å²) < 4.78 is 1.93. The first-order valence-electron chi connectivity index (χ1n) is 5.67. The van der Waals surface area contributed by atoms with Gasteiger partial charge in [0, 0.05) is 23.2 Å². The van der Waals surface area contributed by atoms with Crippen molar-refractivity contribution in [2.45, 2.75) is 19.4 Å². The highest BCUT2D eigenvalue weighted by atomic mass is 35.5. The number of aryl methyl sites for hydroxylation is 2. The van der Waals surface area contributed by atoms with Gasteiger partial charge in [-0.05, 0) is 24.5 Å². The van der Waals surface area contributed by atoms with Crippen molar-refractivity contribution in [3.63, 3.8) is 0 Å². The number of carboxylic acid groups (broad SMARTS) is 1. The summed E-state index contributed by atoms with van der Waals surface area (Å²) in [6, 6.07) is 3.45. The van der Waals surface area contributed by atoms with Gasteiger partial charge in [-0.2, -0.15) is 0 Å². The number of carbonyl (C=O) groups excluding carboxylic acids is 1. The van der Waals surface area contributed by atoms with E-state index < -0.39 is 11.8 Å². The van der Waals surface area contributed by atoms with Gasteiger partial charge in [0.1, 0.15) is 0 Å². The number of Topliss-reactive ketones (excluding diaryl/α,β-unsaturated/α-hetero) is 1. The summed E-state index contributed by atoms with van der Waals surface area (Å²) in [7, 11) is 0. The second-order valence-corrected chi connectivity index (χ2v) is 4.80. The highest BCUT2D eigenvalue weighted by Gasteiger charge is 2.24. The summed E-state index contributed by atoms with van der Waals surface area (Å²) in [6.45, 7) is 0.788. The predicted octanol–water partition coefficient (Wildman–Crippen LogP) is 2.51. The van der Waals surface area contributed by atoms with Gasteiger partial charge in [0.05, 0.1) is 11.1 Å². The summed E-state index contributed by atoms with van der Waals surface area (Å²) >= 11 is 6.15. The van der Waals surface area contributed by atoms with Crippen molar-refractivity contribution in [2.24, 2.45) is 0 Å². The molecule has 0 unspecified atom stereocenters. The Hall–Kier alpha value is -1.81. The van der Waals surface area contributed by atoms with Crippen LogP contribution in [0.2, 0.25) is 5.02 Å². The molecule has 1 aromatic carbocycles. The van der Waals surface area contributed by atoms with Crippen molar-refractivity contribution in [2.75, 3.05) is 0 Å². The van der Waals surface area contributed by atoms with Crippen LogP contribution >= 0.6 is 11.6 Å². The summed E-state index contributed by atoms with van der Waals surface area (Å²) in [5.74, 6) is -2.29. The molecule has 18 heavy (non-hydrogen) atoms. The summed E-state index contributed by atoms with van der Waals surface area (Å²) in [5.41, 5.74) is 2.15. The molecule has 0 bridgehead atoms. The van der Waals surface area contributed by atoms with E-state index in [-0.39, 0.29) is 5.56 Å². The smallest absolute Gasteiger partial charge is 0.377 e. The van der Waals surface area contributed by atoms with Crippen molar-refractivity contribution in [1.82, 2.24) is 4.57 Å². The number of rotatable bonds is 2. The summed E-state index contributed by atoms with van der Waals surface area (Å²) in [4.78, 5) is 22.5. The number of hydrogen-bond donors (Lipinski definition) is 1. The lowest BCUT2D eigenvalue weighted by atomic mass is 10.0. The lowest BCUT2D eigenvalue weighted by molar-refractivity contribution is -0.131. The van der Waals surface area contributed by atoms with Crippen molar-refractivity contribution in [1.29, 1.82) is 0 Å². The van der Waals surface area contributed by atoms with Gasteiger partial charge in [-0.3, -0.25) is 4.79 Å². The van der Waals surface area contributed by atoms with E-state index in [9.17, 15) is 9.59 Å². The molecule has 2 aromatic rings. The van der Waals surface area contributed by atoms with Crippen LogP contribution in [0.4, 0.5) is 0 Å². The van der Waals surface area contributed by atoms with E-state index in [1.165, 1.54) is 0 Å². The van der Waals surface area contributed by atoms with E-state index in [1.54, 1.807) is 18.3 Å². The van der Waals surface area contributed by atoms with Gasteiger partial charge in [-0.25, -0.2) is 4.79 Å². The maximum atomic E-state index is 11.7. The van der Waals surface area contributed by atoms with E-state index in [1.807, 2.05) is 4.57 Å². The van der Waals surface area contributed by atoms with Gasteiger partial charge in [0.15, 0.2) is 0 Å². The molecule has 2 heterocycles. The maximum Gasteiger partial charge on any atom is 0.377 e. The minimum absolute atomic E-state index is 0.248. The minimum atomic E-state index is -1.43. The molecule has 5 heteroatoms. The van der Waals surface area contributed by atoms with Crippen LogP contribution in [0.15, 0.2) is 18.3 Å². The number of aliphatic carboxylic acids is 1. The zero-order chi connectivity index (χ0) is 12.9. The van der Waals surface area contributed by atoms with Gasteiger partial charge in [0.25, 0.3) is 5.78 Å². The Balaban J connectivity index is 2.35. The first kappa shape index (κ1) is 11.3. The number of carboxylic acids is 1. The largest absolute Gasteiger partial charge is 0.475 e. The number of nitrogens with zero attached hydrogens (tertiary/aromatic N) is 1. The third-order valence-corrected chi connectivity index (χ3v) is 3.71. The van der Waals surface area contributed by atoms with Crippen LogP contribution in [-0.4, -0.2) is 21.4 Å². The first-order chi connectivity index (χ1) is 8.59. The Morgan fingerprint density at radius 1 is 1.33 bits per heavy atom. The lowest BCUT2D eigenvalue weighted by Crippen LogP contribution is -2.12. The van der Waals surface area contributed by atoms with E-state index in [0.29, 0.717) is 10.4 Å². The molecular weight excluding hydrogens is 254 g/mol. The van der Waals surface area contributed by atoms with Crippen LogP contribution in [0.5, 0.6) is 0 Å². The molecule has 1 aliphatic rings. The number of benzene rings is 1. The Morgan fingerprint density at radius 3 is 2.83 bits per heavy atom. The molecule has 0 aliphatic carbocycles. The summed E-state index contributed by atoms with van der Waals surface area (Å²) in [5, 5.41) is 10.2. The van der Waals surface area contributed by atoms with Crippen LogP contribution in [0.1, 0.15) is 22.3 Å².